The second-order valence-electron chi connectivity index (χ2n) is 7.66. The summed E-state index contributed by atoms with van der Waals surface area (Å²) in [7, 11) is 1.64. The maximum atomic E-state index is 6.22. The van der Waals surface area contributed by atoms with E-state index in [0.29, 0.717) is 36.8 Å². The molecule has 5 heteroatoms. The van der Waals surface area contributed by atoms with Crippen molar-refractivity contribution >= 4 is 23.2 Å². The highest BCUT2D eigenvalue weighted by molar-refractivity contribution is 6.18. The van der Waals surface area contributed by atoms with E-state index in [0.717, 1.165) is 39.5 Å². The lowest BCUT2D eigenvalue weighted by molar-refractivity contribution is 0.229. The number of rotatable bonds is 10. The quantitative estimate of drug-likeness (QED) is 0.387. The molecule has 2 rings (SSSR count). The van der Waals surface area contributed by atoms with Crippen LogP contribution in [0.15, 0.2) is 30.3 Å². The van der Waals surface area contributed by atoms with Gasteiger partial charge in [-0.05, 0) is 52.8 Å². The van der Waals surface area contributed by atoms with Crippen molar-refractivity contribution in [1.82, 2.24) is 0 Å². The van der Waals surface area contributed by atoms with E-state index >= 15 is 0 Å². The number of alkyl halides is 2. The van der Waals surface area contributed by atoms with Crippen LogP contribution in [0.4, 0.5) is 0 Å². The molecule has 0 bridgehead atoms. The highest BCUT2D eigenvalue weighted by Gasteiger charge is 2.15. The molecule has 0 aliphatic heterocycles. The van der Waals surface area contributed by atoms with Crippen molar-refractivity contribution in [2.75, 3.05) is 20.3 Å². The number of halogens is 2. The molecule has 0 aliphatic carbocycles. The van der Waals surface area contributed by atoms with Gasteiger partial charge in [0.15, 0.2) is 11.5 Å². The summed E-state index contributed by atoms with van der Waals surface area (Å²) in [6.45, 7) is 9.77. The second-order valence-corrected chi connectivity index (χ2v) is 8.19. The van der Waals surface area contributed by atoms with Gasteiger partial charge in [0.05, 0.1) is 26.2 Å². The molecule has 0 atom stereocenters. The molecule has 0 unspecified atom stereocenters. The summed E-state index contributed by atoms with van der Waals surface area (Å²) in [5, 5.41) is 0. The third-order valence-corrected chi connectivity index (χ3v) is 4.77. The van der Waals surface area contributed by atoms with Gasteiger partial charge in [-0.1, -0.05) is 33.8 Å². The van der Waals surface area contributed by atoms with E-state index in [1.54, 1.807) is 7.11 Å². The minimum Gasteiger partial charge on any atom is -0.496 e. The molecule has 2 aromatic rings. The molecule has 28 heavy (non-hydrogen) atoms. The van der Waals surface area contributed by atoms with Crippen molar-refractivity contribution in [2.45, 2.75) is 39.5 Å². The first kappa shape index (κ1) is 22.7. The summed E-state index contributed by atoms with van der Waals surface area (Å²) in [6, 6.07) is 10.0. The molecule has 3 nitrogen and oxygen atoms in total. The van der Waals surface area contributed by atoms with E-state index in [1.165, 1.54) is 0 Å². The molecule has 0 aliphatic rings. The number of benzene rings is 2. The van der Waals surface area contributed by atoms with Gasteiger partial charge in [0, 0.05) is 11.4 Å². The van der Waals surface area contributed by atoms with Crippen LogP contribution in [-0.2, 0) is 11.8 Å². The van der Waals surface area contributed by atoms with Crippen LogP contribution in [0.1, 0.15) is 38.8 Å². The summed E-state index contributed by atoms with van der Waals surface area (Å²) >= 11 is 12.3. The van der Waals surface area contributed by atoms with Gasteiger partial charge in [-0.2, -0.15) is 0 Å². The first-order valence-electron chi connectivity index (χ1n) is 9.61. The molecule has 0 amide bonds. The SMILES string of the molecule is COc1cc(CCl)c(-c2ccc(OCC(C)C)c(OCC(C)C)c2)cc1CCl. The Hall–Kier alpha value is -1.58. The van der Waals surface area contributed by atoms with E-state index in [-0.39, 0.29) is 0 Å². The minimum absolute atomic E-state index is 0.366. The lowest BCUT2D eigenvalue weighted by Gasteiger charge is -2.18. The molecule has 154 valence electrons. The third kappa shape index (κ3) is 5.96. The van der Waals surface area contributed by atoms with Gasteiger partial charge in [-0.15, -0.1) is 23.2 Å². The number of ether oxygens (including phenoxy) is 3. The zero-order valence-electron chi connectivity index (χ0n) is 17.4. The Kier molecular flexibility index (Phi) is 8.78. The van der Waals surface area contributed by atoms with Crippen LogP contribution in [0, 0.1) is 11.8 Å². The van der Waals surface area contributed by atoms with E-state index in [1.807, 2.05) is 30.3 Å². The highest BCUT2D eigenvalue weighted by Crippen LogP contribution is 2.37. The molecule has 0 saturated carbocycles. The Morgan fingerprint density at radius 3 is 1.89 bits per heavy atom. The van der Waals surface area contributed by atoms with E-state index in [9.17, 15) is 0 Å². The van der Waals surface area contributed by atoms with Gasteiger partial charge in [-0.25, -0.2) is 0 Å². The first-order chi connectivity index (χ1) is 13.4. The topological polar surface area (TPSA) is 27.7 Å². The Morgan fingerprint density at radius 2 is 1.36 bits per heavy atom. The fourth-order valence-corrected chi connectivity index (χ4v) is 3.19. The Morgan fingerprint density at radius 1 is 0.750 bits per heavy atom. The fraction of sp³-hybridized carbons (Fsp3) is 0.478. The monoisotopic (exact) mass is 424 g/mol. The zero-order chi connectivity index (χ0) is 20.7. The second kappa shape index (κ2) is 10.8. The molecule has 0 spiro atoms. The van der Waals surface area contributed by atoms with E-state index in [2.05, 4.69) is 27.7 Å². The highest BCUT2D eigenvalue weighted by atomic mass is 35.5. The number of hydrogen-bond donors (Lipinski definition) is 0. The van der Waals surface area contributed by atoms with Crippen molar-refractivity contribution in [3.8, 4) is 28.4 Å². The average Bonchev–Trinajstić information content (AvgIpc) is 2.69. The van der Waals surface area contributed by atoms with Gasteiger partial charge in [0.2, 0.25) is 0 Å². The van der Waals surface area contributed by atoms with E-state index in [4.69, 9.17) is 37.4 Å². The van der Waals surface area contributed by atoms with Gasteiger partial charge >= 0.3 is 0 Å². The largest absolute Gasteiger partial charge is 0.496 e. The van der Waals surface area contributed by atoms with Crippen LogP contribution < -0.4 is 14.2 Å². The van der Waals surface area contributed by atoms with Crippen LogP contribution >= 0.6 is 23.2 Å². The summed E-state index contributed by atoms with van der Waals surface area (Å²) < 4.78 is 17.5. The normalized spacial score (nSPS) is 11.2. The molecular weight excluding hydrogens is 395 g/mol. The average molecular weight is 425 g/mol. The maximum absolute atomic E-state index is 6.22. The minimum atomic E-state index is 0.366. The van der Waals surface area contributed by atoms with Crippen LogP contribution in [0.25, 0.3) is 11.1 Å². The predicted molar refractivity (Wildman–Crippen MR) is 118 cm³/mol. The van der Waals surface area contributed by atoms with Crippen molar-refractivity contribution in [2.24, 2.45) is 11.8 Å². The smallest absolute Gasteiger partial charge is 0.161 e. The molecule has 0 heterocycles. The zero-order valence-corrected chi connectivity index (χ0v) is 18.9. The molecule has 0 N–H and O–H groups in total. The Balaban J connectivity index is 2.48. The maximum Gasteiger partial charge on any atom is 0.161 e. The standard InChI is InChI=1S/C23H30Cl2O3/c1-15(2)13-27-21-7-6-17(9-23(21)28-14-16(3)4)20-8-19(12-25)22(26-5)10-18(20)11-24/h6-10,15-16H,11-14H2,1-5H3. The predicted octanol–water partition coefficient (Wildman–Crippen LogP) is 6.91. The van der Waals surface area contributed by atoms with Crippen molar-refractivity contribution in [3.63, 3.8) is 0 Å². The molecule has 0 fully saturated rings. The molecule has 2 aromatic carbocycles. The summed E-state index contributed by atoms with van der Waals surface area (Å²) in [4.78, 5) is 0. The Bertz CT molecular complexity index is 773. The Labute approximate surface area is 178 Å². The third-order valence-electron chi connectivity index (χ3n) is 4.19. The van der Waals surface area contributed by atoms with Gasteiger partial charge in [0.25, 0.3) is 0 Å². The van der Waals surface area contributed by atoms with Gasteiger partial charge < -0.3 is 14.2 Å². The number of methoxy groups -OCH3 is 1. The van der Waals surface area contributed by atoms with E-state index < -0.39 is 0 Å². The van der Waals surface area contributed by atoms with Crippen LogP contribution in [0.3, 0.4) is 0 Å². The number of hydrogen-bond acceptors (Lipinski definition) is 3. The molecule has 0 aromatic heterocycles. The van der Waals surface area contributed by atoms with Crippen molar-refractivity contribution in [3.05, 3.63) is 41.5 Å². The summed E-state index contributed by atoms with van der Waals surface area (Å²) in [6.07, 6.45) is 0. The van der Waals surface area contributed by atoms with Crippen LogP contribution in [0.2, 0.25) is 0 Å². The lowest BCUT2D eigenvalue weighted by Crippen LogP contribution is -2.09. The molecular formula is C23H30Cl2O3. The summed E-state index contributed by atoms with van der Waals surface area (Å²) in [5.74, 6) is 3.86. The first-order valence-corrected chi connectivity index (χ1v) is 10.7. The van der Waals surface area contributed by atoms with Crippen molar-refractivity contribution < 1.29 is 14.2 Å². The van der Waals surface area contributed by atoms with Gasteiger partial charge in [-0.3, -0.25) is 0 Å². The lowest BCUT2D eigenvalue weighted by atomic mass is 9.97. The summed E-state index contributed by atoms with van der Waals surface area (Å²) in [5.41, 5.74) is 3.95. The van der Waals surface area contributed by atoms with Crippen LogP contribution in [0.5, 0.6) is 17.2 Å². The van der Waals surface area contributed by atoms with Crippen LogP contribution in [-0.4, -0.2) is 20.3 Å². The fourth-order valence-electron chi connectivity index (χ4n) is 2.76. The van der Waals surface area contributed by atoms with Gasteiger partial charge in [0.1, 0.15) is 5.75 Å². The molecule has 0 radical (unpaired) electrons. The molecule has 0 saturated heterocycles. The van der Waals surface area contributed by atoms with Crippen molar-refractivity contribution in [1.29, 1.82) is 0 Å².